The minimum Gasteiger partial charge on any atom is -0.316 e. The Hall–Kier alpha value is -1.20. The van der Waals surface area contributed by atoms with Crippen LogP contribution in [0.15, 0.2) is 12.1 Å². The summed E-state index contributed by atoms with van der Waals surface area (Å²) in [5.41, 5.74) is 0. The summed E-state index contributed by atoms with van der Waals surface area (Å²) < 4.78 is 0. The number of nitrogens with one attached hydrogen (secondary N) is 2. The highest BCUT2D eigenvalue weighted by molar-refractivity contribution is 6.29. The van der Waals surface area contributed by atoms with Gasteiger partial charge in [-0.25, -0.2) is 0 Å². The molecule has 19 heavy (non-hydrogen) atoms. The van der Waals surface area contributed by atoms with Crippen LogP contribution in [-0.2, 0) is 4.79 Å². The Kier molecular flexibility index (Phi) is 5.10. The molecule has 0 radical (unpaired) electrons. The van der Waals surface area contributed by atoms with Crippen molar-refractivity contribution >= 4 is 23.3 Å². The molecule has 6 heteroatoms. The molecule has 2 N–H and O–H groups in total. The lowest BCUT2D eigenvalue weighted by atomic mass is 9.85. The first kappa shape index (κ1) is 14.2. The zero-order valence-corrected chi connectivity index (χ0v) is 11.8. The first-order valence-corrected chi connectivity index (χ1v) is 7.03. The fraction of sp³-hybridized carbons (Fsp3) is 0.615. The lowest BCUT2D eigenvalue weighted by Gasteiger charge is -2.27. The molecule has 1 aliphatic rings. The molecule has 2 atom stereocenters. The van der Waals surface area contributed by atoms with E-state index in [9.17, 15) is 4.79 Å². The van der Waals surface area contributed by atoms with Gasteiger partial charge >= 0.3 is 0 Å². The molecule has 2 heterocycles. The van der Waals surface area contributed by atoms with E-state index >= 15 is 0 Å². The predicted molar refractivity (Wildman–Crippen MR) is 75.0 cm³/mol. The number of carbonyl (C=O) groups is 1. The highest BCUT2D eigenvalue weighted by Crippen LogP contribution is 2.22. The zero-order valence-electron chi connectivity index (χ0n) is 11.0. The zero-order chi connectivity index (χ0) is 13.7. The van der Waals surface area contributed by atoms with Crippen molar-refractivity contribution < 1.29 is 4.79 Å². The SMILES string of the molecule is CC(CC(=O)Nc1ccc(Cl)nn1)C1CCCNC1. The summed E-state index contributed by atoms with van der Waals surface area (Å²) in [5.74, 6) is 1.38. The molecule has 0 aliphatic carbocycles. The number of aromatic nitrogens is 2. The number of halogens is 1. The van der Waals surface area contributed by atoms with E-state index in [1.54, 1.807) is 12.1 Å². The minimum absolute atomic E-state index is 0.0188. The highest BCUT2D eigenvalue weighted by atomic mass is 35.5. The second kappa shape index (κ2) is 6.82. The van der Waals surface area contributed by atoms with E-state index in [1.807, 2.05) is 0 Å². The summed E-state index contributed by atoms with van der Waals surface area (Å²) in [6, 6.07) is 3.26. The Morgan fingerprint density at radius 1 is 1.58 bits per heavy atom. The van der Waals surface area contributed by atoms with Crippen LogP contribution in [0.1, 0.15) is 26.2 Å². The lowest BCUT2D eigenvalue weighted by Crippen LogP contribution is -2.34. The van der Waals surface area contributed by atoms with Gasteiger partial charge in [0.1, 0.15) is 0 Å². The number of piperidine rings is 1. The molecular formula is C13H19ClN4O. The van der Waals surface area contributed by atoms with Gasteiger partial charge in [0.2, 0.25) is 5.91 Å². The summed E-state index contributed by atoms with van der Waals surface area (Å²) in [4.78, 5) is 11.9. The van der Waals surface area contributed by atoms with Crippen molar-refractivity contribution in [1.29, 1.82) is 0 Å². The molecule has 1 aromatic rings. The third-order valence-corrected chi connectivity index (χ3v) is 3.75. The first-order valence-electron chi connectivity index (χ1n) is 6.65. The van der Waals surface area contributed by atoms with Gasteiger partial charge in [-0.1, -0.05) is 18.5 Å². The molecule has 1 saturated heterocycles. The van der Waals surface area contributed by atoms with Crippen LogP contribution in [0.3, 0.4) is 0 Å². The maximum Gasteiger partial charge on any atom is 0.225 e. The van der Waals surface area contributed by atoms with E-state index in [0.29, 0.717) is 29.2 Å². The molecule has 1 amide bonds. The number of rotatable bonds is 4. The molecule has 1 aliphatic heterocycles. The van der Waals surface area contributed by atoms with Crippen molar-refractivity contribution in [2.45, 2.75) is 26.2 Å². The molecule has 0 aromatic carbocycles. The second-order valence-corrected chi connectivity index (χ2v) is 5.46. The number of amides is 1. The van der Waals surface area contributed by atoms with Crippen LogP contribution in [0.2, 0.25) is 5.15 Å². The van der Waals surface area contributed by atoms with Crippen LogP contribution in [0.5, 0.6) is 0 Å². The molecule has 0 spiro atoms. The van der Waals surface area contributed by atoms with Crippen molar-refractivity contribution in [2.75, 3.05) is 18.4 Å². The largest absolute Gasteiger partial charge is 0.316 e. The van der Waals surface area contributed by atoms with Crippen LogP contribution >= 0.6 is 11.6 Å². The van der Waals surface area contributed by atoms with E-state index in [2.05, 4.69) is 27.8 Å². The predicted octanol–water partition coefficient (Wildman–Crippen LogP) is 2.09. The van der Waals surface area contributed by atoms with E-state index in [-0.39, 0.29) is 5.91 Å². The average molecular weight is 283 g/mol. The van der Waals surface area contributed by atoms with Gasteiger partial charge in [0.05, 0.1) is 0 Å². The fourth-order valence-corrected chi connectivity index (χ4v) is 2.50. The molecule has 0 saturated carbocycles. The van der Waals surface area contributed by atoms with Gasteiger partial charge in [-0.3, -0.25) is 4.79 Å². The van der Waals surface area contributed by atoms with E-state index in [0.717, 1.165) is 13.1 Å². The first-order chi connectivity index (χ1) is 9.15. The molecule has 0 bridgehead atoms. The number of hydrogen-bond donors (Lipinski definition) is 2. The van der Waals surface area contributed by atoms with Gasteiger partial charge in [0, 0.05) is 6.42 Å². The van der Waals surface area contributed by atoms with Crippen molar-refractivity contribution in [2.24, 2.45) is 11.8 Å². The van der Waals surface area contributed by atoms with Crippen molar-refractivity contribution in [3.8, 4) is 0 Å². The summed E-state index contributed by atoms with van der Waals surface area (Å²) in [6.45, 7) is 4.23. The topological polar surface area (TPSA) is 66.9 Å². The van der Waals surface area contributed by atoms with Crippen LogP contribution in [-0.4, -0.2) is 29.2 Å². The van der Waals surface area contributed by atoms with Gasteiger partial charge in [-0.2, -0.15) is 0 Å². The van der Waals surface area contributed by atoms with Gasteiger partial charge in [0.15, 0.2) is 11.0 Å². The number of nitrogens with zero attached hydrogens (tertiary/aromatic N) is 2. The summed E-state index contributed by atoms with van der Waals surface area (Å²) in [6.07, 6.45) is 2.90. The maximum atomic E-state index is 11.9. The fourth-order valence-electron chi connectivity index (χ4n) is 2.40. The normalized spacial score (nSPS) is 20.8. The van der Waals surface area contributed by atoms with Gasteiger partial charge in [-0.05, 0) is 49.9 Å². The van der Waals surface area contributed by atoms with Crippen molar-refractivity contribution in [1.82, 2.24) is 15.5 Å². The summed E-state index contributed by atoms with van der Waals surface area (Å²) in [5, 5.41) is 13.9. The molecule has 5 nitrogen and oxygen atoms in total. The van der Waals surface area contributed by atoms with Crippen LogP contribution in [0.25, 0.3) is 0 Å². The van der Waals surface area contributed by atoms with Gasteiger partial charge < -0.3 is 10.6 Å². The minimum atomic E-state index is -0.0188. The van der Waals surface area contributed by atoms with Crippen LogP contribution in [0.4, 0.5) is 5.82 Å². The molecule has 1 aromatic heterocycles. The molecule has 1 fully saturated rings. The van der Waals surface area contributed by atoms with Gasteiger partial charge in [0.25, 0.3) is 0 Å². The van der Waals surface area contributed by atoms with Crippen molar-refractivity contribution in [3.63, 3.8) is 0 Å². The number of anilines is 1. The van der Waals surface area contributed by atoms with Gasteiger partial charge in [-0.15, -0.1) is 10.2 Å². The van der Waals surface area contributed by atoms with E-state index < -0.39 is 0 Å². The maximum absolute atomic E-state index is 11.9. The Morgan fingerprint density at radius 2 is 2.42 bits per heavy atom. The summed E-state index contributed by atoms with van der Waals surface area (Å²) >= 11 is 5.64. The smallest absolute Gasteiger partial charge is 0.225 e. The molecular weight excluding hydrogens is 264 g/mol. The third-order valence-electron chi connectivity index (χ3n) is 3.55. The number of hydrogen-bond acceptors (Lipinski definition) is 4. The lowest BCUT2D eigenvalue weighted by molar-refractivity contribution is -0.117. The Balaban J connectivity index is 1.81. The Morgan fingerprint density at radius 3 is 3.05 bits per heavy atom. The van der Waals surface area contributed by atoms with Crippen LogP contribution < -0.4 is 10.6 Å². The molecule has 2 unspecified atom stereocenters. The third kappa shape index (κ3) is 4.44. The molecule has 104 valence electrons. The highest BCUT2D eigenvalue weighted by Gasteiger charge is 2.22. The average Bonchev–Trinajstić information content (AvgIpc) is 2.42. The van der Waals surface area contributed by atoms with E-state index in [4.69, 9.17) is 11.6 Å². The Bertz CT molecular complexity index is 417. The Labute approximate surface area is 118 Å². The quantitative estimate of drug-likeness (QED) is 0.887. The van der Waals surface area contributed by atoms with E-state index in [1.165, 1.54) is 12.8 Å². The van der Waals surface area contributed by atoms with Crippen LogP contribution in [0, 0.1) is 11.8 Å². The number of carbonyl (C=O) groups excluding carboxylic acids is 1. The summed E-state index contributed by atoms with van der Waals surface area (Å²) in [7, 11) is 0. The monoisotopic (exact) mass is 282 g/mol. The second-order valence-electron chi connectivity index (χ2n) is 5.08. The standard InChI is InChI=1S/C13H19ClN4O/c1-9(10-3-2-6-15-8-10)7-13(19)16-12-5-4-11(14)17-18-12/h4-5,9-10,15H,2-3,6-8H2,1H3,(H,16,18,19). The van der Waals surface area contributed by atoms with Crippen molar-refractivity contribution in [3.05, 3.63) is 17.3 Å². The molecule has 2 rings (SSSR count).